The van der Waals surface area contributed by atoms with Crippen LogP contribution in [-0.4, -0.2) is 16.2 Å². The van der Waals surface area contributed by atoms with E-state index in [0.29, 0.717) is 18.3 Å². The fraction of sp³-hybridized carbons (Fsp3) is 0.429. The molecule has 2 rings (SSSR count). The van der Waals surface area contributed by atoms with Gasteiger partial charge in [0.05, 0.1) is 12.6 Å². The minimum Gasteiger partial charge on any atom is -0.491 e. The number of anilines is 1. The van der Waals surface area contributed by atoms with E-state index in [9.17, 15) is 0 Å². The molecule has 0 bridgehead atoms. The van der Waals surface area contributed by atoms with E-state index in [0.717, 1.165) is 17.9 Å². The van der Waals surface area contributed by atoms with Crippen molar-refractivity contribution in [1.29, 1.82) is 0 Å². The number of benzene rings is 1. The quantitative estimate of drug-likeness (QED) is 0.865. The molecule has 0 aliphatic rings. The van der Waals surface area contributed by atoms with Gasteiger partial charge in [-0.05, 0) is 25.5 Å². The lowest BCUT2D eigenvalue weighted by molar-refractivity contribution is 0.217. The van der Waals surface area contributed by atoms with Crippen LogP contribution in [0.3, 0.4) is 0 Å². The Hall–Kier alpha value is -2.04. The van der Waals surface area contributed by atoms with Crippen LogP contribution in [0.1, 0.15) is 32.0 Å². The monoisotopic (exact) mass is 261 g/mol. The molecule has 2 aromatic rings. The first kappa shape index (κ1) is 13.4. The first-order chi connectivity index (χ1) is 9.17. The zero-order valence-electron chi connectivity index (χ0n) is 11.5. The molecule has 5 heteroatoms. The van der Waals surface area contributed by atoms with E-state index in [1.54, 1.807) is 6.92 Å². The molecule has 1 aromatic heterocycles. The molecule has 0 amide bonds. The molecular formula is C14H19N3O2. The van der Waals surface area contributed by atoms with E-state index in [2.05, 4.69) is 29.3 Å². The highest BCUT2D eigenvalue weighted by Crippen LogP contribution is 2.19. The molecule has 5 nitrogen and oxygen atoms in total. The van der Waals surface area contributed by atoms with Crippen molar-refractivity contribution in [2.45, 2.75) is 39.8 Å². The summed E-state index contributed by atoms with van der Waals surface area (Å²) in [6.45, 7) is 6.47. The lowest BCUT2D eigenvalue weighted by Crippen LogP contribution is -2.10. The molecule has 0 aliphatic carbocycles. The van der Waals surface area contributed by atoms with Crippen molar-refractivity contribution in [3.63, 3.8) is 0 Å². The van der Waals surface area contributed by atoms with Gasteiger partial charge >= 0.3 is 0 Å². The lowest BCUT2D eigenvalue weighted by Gasteiger charge is -2.13. The van der Waals surface area contributed by atoms with Crippen LogP contribution in [0.4, 0.5) is 5.69 Å². The fourth-order valence-electron chi connectivity index (χ4n) is 1.59. The Labute approximate surface area is 113 Å². The van der Waals surface area contributed by atoms with Gasteiger partial charge in [-0.25, -0.2) is 0 Å². The Morgan fingerprint density at radius 1 is 1.42 bits per heavy atom. The Morgan fingerprint density at radius 3 is 2.95 bits per heavy atom. The summed E-state index contributed by atoms with van der Waals surface area (Å²) >= 11 is 0. The maximum Gasteiger partial charge on any atom is 0.223 e. The third-order valence-corrected chi connectivity index (χ3v) is 2.77. The van der Waals surface area contributed by atoms with Crippen LogP contribution in [-0.2, 0) is 6.54 Å². The van der Waals surface area contributed by atoms with Crippen LogP contribution >= 0.6 is 0 Å². The van der Waals surface area contributed by atoms with Gasteiger partial charge in [0.15, 0.2) is 5.82 Å². The molecule has 0 aliphatic heterocycles. The molecule has 1 N–H and O–H groups in total. The van der Waals surface area contributed by atoms with Gasteiger partial charge in [0.25, 0.3) is 0 Å². The highest BCUT2D eigenvalue weighted by Gasteiger charge is 2.04. The predicted octanol–water partition coefficient (Wildman–Crippen LogP) is 3.17. The highest BCUT2D eigenvalue weighted by atomic mass is 16.5. The predicted molar refractivity (Wildman–Crippen MR) is 73.2 cm³/mol. The second kappa shape index (κ2) is 6.22. The van der Waals surface area contributed by atoms with Crippen molar-refractivity contribution in [2.24, 2.45) is 0 Å². The van der Waals surface area contributed by atoms with Gasteiger partial charge in [-0.15, -0.1) is 0 Å². The zero-order valence-corrected chi connectivity index (χ0v) is 11.5. The Bertz CT molecular complexity index is 525. The zero-order chi connectivity index (χ0) is 13.7. The van der Waals surface area contributed by atoms with E-state index >= 15 is 0 Å². The average Bonchev–Trinajstić information content (AvgIpc) is 2.82. The summed E-state index contributed by atoms with van der Waals surface area (Å²) in [6, 6.07) is 7.87. The molecule has 1 atom stereocenters. The van der Waals surface area contributed by atoms with E-state index in [1.165, 1.54) is 0 Å². The second-order valence-electron chi connectivity index (χ2n) is 4.45. The Kier molecular flexibility index (Phi) is 4.39. The largest absolute Gasteiger partial charge is 0.491 e. The molecule has 1 aromatic carbocycles. The minimum atomic E-state index is 0.218. The highest BCUT2D eigenvalue weighted by molar-refractivity contribution is 5.48. The summed E-state index contributed by atoms with van der Waals surface area (Å²) in [5, 5.41) is 7.08. The van der Waals surface area contributed by atoms with Crippen molar-refractivity contribution in [2.75, 3.05) is 5.32 Å². The number of hydrogen-bond donors (Lipinski definition) is 1. The SMILES string of the molecule is CCC(C)Oc1cccc(NCc2noc(C)n2)c1. The van der Waals surface area contributed by atoms with Gasteiger partial charge in [0.2, 0.25) is 5.89 Å². The van der Waals surface area contributed by atoms with E-state index in [4.69, 9.17) is 9.26 Å². The van der Waals surface area contributed by atoms with Gasteiger partial charge < -0.3 is 14.6 Å². The van der Waals surface area contributed by atoms with Gasteiger partial charge in [-0.1, -0.05) is 18.1 Å². The van der Waals surface area contributed by atoms with Gasteiger partial charge in [0, 0.05) is 18.7 Å². The maximum absolute atomic E-state index is 5.77. The summed E-state index contributed by atoms with van der Waals surface area (Å²) in [4.78, 5) is 4.14. The number of rotatable bonds is 6. The molecule has 0 radical (unpaired) electrons. The molecule has 0 saturated heterocycles. The minimum absolute atomic E-state index is 0.218. The van der Waals surface area contributed by atoms with E-state index in [-0.39, 0.29) is 6.10 Å². The molecule has 1 heterocycles. The molecule has 0 spiro atoms. The Morgan fingerprint density at radius 2 is 2.26 bits per heavy atom. The molecule has 102 valence electrons. The van der Waals surface area contributed by atoms with Crippen molar-refractivity contribution in [3.8, 4) is 5.75 Å². The molecule has 1 unspecified atom stereocenters. The summed E-state index contributed by atoms with van der Waals surface area (Å²) < 4.78 is 10.7. The maximum atomic E-state index is 5.77. The molecule has 19 heavy (non-hydrogen) atoms. The number of ether oxygens (including phenoxy) is 1. The number of nitrogens with zero attached hydrogens (tertiary/aromatic N) is 2. The third-order valence-electron chi connectivity index (χ3n) is 2.77. The first-order valence-electron chi connectivity index (χ1n) is 6.47. The van der Waals surface area contributed by atoms with Crippen LogP contribution in [0.25, 0.3) is 0 Å². The summed E-state index contributed by atoms with van der Waals surface area (Å²) in [5.74, 6) is 2.08. The normalized spacial score (nSPS) is 12.2. The topological polar surface area (TPSA) is 60.2 Å². The van der Waals surface area contributed by atoms with Gasteiger partial charge in [-0.3, -0.25) is 0 Å². The third kappa shape index (κ3) is 3.98. The first-order valence-corrected chi connectivity index (χ1v) is 6.47. The number of aryl methyl sites for hydroxylation is 1. The number of nitrogens with one attached hydrogen (secondary N) is 1. The molecule has 0 saturated carbocycles. The molecular weight excluding hydrogens is 242 g/mol. The van der Waals surface area contributed by atoms with E-state index < -0.39 is 0 Å². The summed E-state index contributed by atoms with van der Waals surface area (Å²) in [6.07, 6.45) is 1.20. The second-order valence-corrected chi connectivity index (χ2v) is 4.45. The van der Waals surface area contributed by atoms with Crippen LogP contribution in [0.5, 0.6) is 5.75 Å². The van der Waals surface area contributed by atoms with Crippen LogP contribution in [0.15, 0.2) is 28.8 Å². The van der Waals surface area contributed by atoms with Gasteiger partial charge in [-0.2, -0.15) is 4.98 Å². The van der Waals surface area contributed by atoms with Crippen molar-refractivity contribution in [3.05, 3.63) is 36.0 Å². The van der Waals surface area contributed by atoms with Gasteiger partial charge in [0.1, 0.15) is 5.75 Å². The average molecular weight is 261 g/mol. The smallest absolute Gasteiger partial charge is 0.223 e. The Balaban J connectivity index is 1.95. The lowest BCUT2D eigenvalue weighted by atomic mass is 10.2. The number of hydrogen-bond acceptors (Lipinski definition) is 5. The fourth-order valence-corrected chi connectivity index (χ4v) is 1.59. The molecule has 0 fully saturated rings. The van der Waals surface area contributed by atoms with Crippen LogP contribution in [0, 0.1) is 6.92 Å². The van der Waals surface area contributed by atoms with Crippen molar-refractivity contribution < 1.29 is 9.26 Å². The standard InChI is InChI=1S/C14H19N3O2/c1-4-10(2)18-13-7-5-6-12(8-13)15-9-14-16-11(3)19-17-14/h5-8,10,15H,4,9H2,1-3H3. The van der Waals surface area contributed by atoms with Crippen molar-refractivity contribution >= 4 is 5.69 Å². The van der Waals surface area contributed by atoms with E-state index in [1.807, 2.05) is 24.3 Å². The summed E-state index contributed by atoms with van der Waals surface area (Å²) in [5.41, 5.74) is 0.975. The number of aromatic nitrogens is 2. The summed E-state index contributed by atoms with van der Waals surface area (Å²) in [7, 11) is 0. The van der Waals surface area contributed by atoms with Crippen molar-refractivity contribution in [1.82, 2.24) is 10.1 Å². The van der Waals surface area contributed by atoms with Crippen LogP contribution in [0.2, 0.25) is 0 Å². The van der Waals surface area contributed by atoms with Crippen LogP contribution < -0.4 is 10.1 Å².